The van der Waals surface area contributed by atoms with Crippen molar-refractivity contribution in [2.24, 2.45) is 0 Å². The van der Waals surface area contributed by atoms with Crippen LogP contribution in [0, 0.1) is 0 Å². The summed E-state index contributed by atoms with van der Waals surface area (Å²) in [5.74, 6) is 1.52. The van der Waals surface area contributed by atoms with Crippen LogP contribution in [0.1, 0.15) is 30.0 Å². The highest BCUT2D eigenvalue weighted by molar-refractivity contribution is 5.89. The van der Waals surface area contributed by atoms with Gasteiger partial charge in [-0.25, -0.2) is 9.78 Å². The zero-order chi connectivity index (χ0) is 20.9. The van der Waals surface area contributed by atoms with Crippen LogP contribution in [-0.4, -0.2) is 41.2 Å². The molecule has 0 saturated carbocycles. The minimum absolute atomic E-state index is 0.0458. The highest BCUT2D eigenvalue weighted by atomic mass is 16.5. The van der Waals surface area contributed by atoms with Gasteiger partial charge in [-0.2, -0.15) is 0 Å². The molecule has 0 bridgehead atoms. The first-order valence-corrected chi connectivity index (χ1v) is 10.0. The lowest BCUT2D eigenvalue weighted by Gasteiger charge is -2.27. The van der Waals surface area contributed by atoms with E-state index in [0.717, 1.165) is 47.7 Å². The average molecular weight is 406 g/mol. The van der Waals surface area contributed by atoms with Gasteiger partial charge in [0.2, 0.25) is 0 Å². The molecular weight excluding hydrogens is 380 g/mol. The number of imidazole rings is 1. The first-order valence-electron chi connectivity index (χ1n) is 10.0. The van der Waals surface area contributed by atoms with Gasteiger partial charge in [-0.3, -0.25) is 0 Å². The van der Waals surface area contributed by atoms with E-state index >= 15 is 0 Å². The average Bonchev–Trinajstić information content (AvgIpc) is 3.46. The molecule has 1 atom stereocenters. The number of aromatic nitrogens is 2. The fraction of sp³-hybridized carbons (Fsp3) is 0.304. The molecule has 1 N–H and O–H groups in total. The summed E-state index contributed by atoms with van der Waals surface area (Å²) in [7, 11) is 3.29. The Morgan fingerprint density at radius 2 is 2.00 bits per heavy atom. The number of methoxy groups -OCH3 is 2. The van der Waals surface area contributed by atoms with Crippen LogP contribution >= 0.6 is 0 Å². The van der Waals surface area contributed by atoms with Crippen molar-refractivity contribution in [1.29, 1.82) is 0 Å². The monoisotopic (exact) mass is 406 g/mol. The molecule has 1 aliphatic heterocycles. The molecule has 7 nitrogen and oxygen atoms in total. The summed E-state index contributed by atoms with van der Waals surface area (Å²) in [5.41, 5.74) is 2.89. The van der Waals surface area contributed by atoms with Crippen molar-refractivity contribution in [3.05, 3.63) is 72.3 Å². The van der Waals surface area contributed by atoms with Crippen LogP contribution in [0.2, 0.25) is 0 Å². The maximum Gasteiger partial charge on any atom is 0.322 e. The number of likely N-dealkylation sites (tertiary alicyclic amines) is 1. The highest BCUT2D eigenvalue weighted by Crippen LogP contribution is 2.39. The number of amides is 2. The first kappa shape index (κ1) is 19.8. The molecule has 4 rings (SSSR count). The van der Waals surface area contributed by atoms with Gasteiger partial charge in [0.25, 0.3) is 0 Å². The summed E-state index contributed by atoms with van der Waals surface area (Å²) in [6, 6.07) is 13.5. The van der Waals surface area contributed by atoms with Crippen LogP contribution in [0.15, 0.2) is 61.2 Å². The molecule has 0 aliphatic carbocycles. The van der Waals surface area contributed by atoms with Gasteiger partial charge in [-0.15, -0.1) is 0 Å². The predicted octanol–water partition coefficient (Wildman–Crippen LogP) is 4.32. The molecule has 1 fully saturated rings. The highest BCUT2D eigenvalue weighted by Gasteiger charge is 2.32. The van der Waals surface area contributed by atoms with E-state index in [1.54, 1.807) is 26.7 Å². The molecule has 1 unspecified atom stereocenters. The summed E-state index contributed by atoms with van der Waals surface area (Å²) in [5, 5.41) is 3.03. The van der Waals surface area contributed by atoms with E-state index in [1.165, 1.54) is 0 Å². The minimum atomic E-state index is -0.107. The fourth-order valence-corrected chi connectivity index (χ4v) is 3.91. The second-order valence-corrected chi connectivity index (χ2v) is 7.32. The Kier molecular flexibility index (Phi) is 5.88. The van der Waals surface area contributed by atoms with Crippen molar-refractivity contribution in [2.45, 2.75) is 25.4 Å². The SMILES string of the molecule is COc1ccc(OC)c(C2CCCN2C(=O)Nc2ccc(Cn3ccnc3)cc2)c1. The number of benzene rings is 2. The van der Waals surface area contributed by atoms with Crippen molar-refractivity contribution in [1.82, 2.24) is 14.5 Å². The van der Waals surface area contributed by atoms with Crippen molar-refractivity contribution < 1.29 is 14.3 Å². The molecule has 1 aliphatic rings. The van der Waals surface area contributed by atoms with E-state index in [2.05, 4.69) is 10.3 Å². The van der Waals surface area contributed by atoms with Crippen LogP contribution in [0.4, 0.5) is 10.5 Å². The van der Waals surface area contributed by atoms with Crippen LogP contribution in [0.5, 0.6) is 11.5 Å². The number of hydrogen-bond acceptors (Lipinski definition) is 4. The summed E-state index contributed by atoms with van der Waals surface area (Å²) >= 11 is 0. The normalized spacial score (nSPS) is 15.8. The second kappa shape index (κ2) is 8.90. The molecule has 0 radical (unpaired) electrons. The summed E-state index contributed by atoms with van der Waals surface area (Å²) in [6.45, 7) is 1.45. The molecular formula is C23H26N4O3. The third kappa shape index (κ3) is 4.25. The number of urea groups is 1. The van der Waals surface area contributed by atoms with Crippen molar-refractivity contribution >= 4 is 11.7 Å². The van der Waals surface area contributed by atoms with E-state index < -0.39 is 0 Å². The third-order valence-electron chi connectivity index (χ3n) is 5.44. The Hall–Kier alpha value is -3.48. The third-order valence-corrected chi connectivity index (χ3v) is 5.44. The number of ether oxygens (including phenoxy) is 2. The number of anilines is 1. The molecule has 1 saturated heterocycles. The van der Waals surface area contributed by atoms with E-state index in [4.69, 9.17) is 9.47 Å². The molecule has 1 aromatic heterocycles. The lowest BCUT2D eigenvalue weighted by molar-refractivity contribution is 0.206. The molecule has 3 aromatic rings. The molecule has 2 aromatic carbocycles. The van der Waals surface area contributed by atoms with Gasteiger partial charge in [-0.1, -0.05) is 12.1 Å². The van der Waals surface area contributed by atoms with Gasteiger partial charge < -0.3 is 24.3 Å². The summed E-state index contributed by atoms with van der Waals surface area (Å²) in [6.07, 6.45) is 7.31. The van der Waals surface area contributed by atoms with Gasteiger partial charge in [-0.05, 0) is 48.7 Å². The summed E-state index contributed by atoms with van der Waals surface area (Å²) in [4.78, 5) is 19.0. The number of hydrogen-bond donors (Lipinski definition) is 1. The fourth-order valence-electron chi connectivity index (χ4n) is 3.91. The number of carbonyl (C=O) groups is 1. The maximum atomic E-state index is 13.0. The Labute approximate surface area is 176 Å². The predicted molar refractivity (Wildman–Crippen MR) is 115 cm³/mol. The molecule has 2 heterocycles. The van der Waals surface area contributed by atoms with Gasteiger partial charge in [0.1, 0.15) is 11.5 Å². The quantitative estimate of drug-likeness (QED) is 0.662. The van der Waals surface area contributed by atoms with Crippen LogP contribution in [-0.2, 0) is 6.54 Å². The topological polar surface area (TPSA) is 68.6 Å². The molecule has 2 amide bonds. The Morgan fingerprint density at radius 1 is 1.17 bits per heavy atom. The van der Waals surface area contributed by atoms with E-state index in [0.29, 0.717) is 6.54 Å². The van der Waals surface area contributed by atoms with Crippen molar-refractivity contribution in [3.63, 3.8) is 0 Å². The van der Waals surface area contributed by atoms with Gasteiger partial charge in [0.05, 0.1) is 26.6 Å². The zero-order valence-electron chi connectivity index (χ0n) is 17.2. The van der Waals surface area contributed by atoms with Crippen molar-refractivity contribution in [3.8, 4) is 11.5 Å². The van der Waals surface area contributed by atoms with Gasteiger partial charge in [0, 0.05) is 36.7 Å². The van der Waals surface area contributed by atoms with Crippen LogP contribution < -0.4 is 14.8 Å². The molecule has 30 heavy (non-hydrogen) atoms. The number of nitrogens with zero attached hydrogens (tertiary/aromatic N) is 3. The van der Waals surface area contributed by atoms with E-state index in [1.807, 2.05) is 58.1 Å². The molecule has 156 valence electrons. The standard InChI is InChI=1S/C23H26N4O3/c1-29-19-9-10-22(30-2)20(14-19)21-4-3-12-27(21)23(28)25-18-7-5-17(6-8-18)15-26-13-11-24-16-26/h5-11,13-14,16,21H,3-4,12,15H2,1-2H3,(H,25,28). The lowest BCUT2D eigenvalue weighted by atomic mass is 10.0. The lowest BCUT2D eigenvalue weighted by Crippen LogP contribution is -2.34. The van der Waals surface area contributed by atoms with E-state index in [9.17, 15) is 4.79 Å². The first-order chi connectivity index (χ1) is 14.7. The number of carbonyl (C=O) groups excluding carboxylic acids is 1. The largest absolute Gasteiger partial charge is 0.497 e. The Morgan fingerprint density at radius 3 is 2.70 bits per heavy atom. The van der Waals surface area contributed by atoms with E-state index in [-0.39, 0.29) is 12.1 Å². The molecule has 0 spiro atoms. The maximum absolute atomic E-state index is 13.0. The van der Waals surface area contributed by atoms with Crippen LogP contribution in [0.25, 0.3) is 0 Å². The Bertz CT molecular complexity index is 986. The number of nitrogens with one attached hydrogen (secondary N) is 1. The molecule has 7 heteroatoms. The zero-order valence-corrected chi connectivity index (χ0v) is 17.2. The number of rotatable bonds is 6. The van der Waals surface area contributed by atoms with Crippen molar-refractivity contribution in [2.75, 3.05) is 26.1 Å². The smallest absolute Gasteiger partial charge is 0.322 e. The Balaban J connectivity index is 1.46. The summed E-state index contributed by atoms with van der Waals surface area (Å²) < 4.78 is 12.9. The van der Waals surface area contributed by atoms with Gasteiger partial charge in [0.15, 0.2) is 0 Å². The minimum Gasteiger partial charge on any atom is -0.497 e. The van der Waals surface area contributed by atoms with Crippen LogP contribution in [0.3, 0.4) is 0 Å². The van der Waals surface area contributed by atoms with Gasteiger partial charge >= 0.3 is 6.03 Å². The second-order valence-electron chi connectivity index (χ2n) is 7.32.